The Balaban J connectivity index is 2.07. The van der Waals surface area contributed by atoms with E-state index in [1.54, 1.807) is 11.3 Å². The minimum absolute atomic E-state index is 0.394. The normalized spacial score (nSPS) is 28.5. The summed E-state index contributed by atoms with van der Waals surface area (Å²) in [5.74, 6) is 0.513. The Bertz CT molecular complexity index is 383. The van der Waals surface area contributed by atoms with Gasteiger partial charge in [0.25, 0.3) is 0 Å². The van der Waals surface area contributed by atoms with E-state index in [0.29, 0.717) is 24.0 Å². The van der Waals surface area contributed by atoms with Crippen molar-refractivity contribution >= 4 is 22.9 Å². The lowest BCUT2D eigenvalue weighted by molar-refractivity contribution is 0.0376. The van der Waals surface area contributed by atoms with Crippen LogP contribution in [0, 0.1) is 0 Å². The van der Waals surface area contributed by atoms with Crippen molar-refractivity contribution in [2.45, 2.75) is 44.8 Å². The van der Waals surface area contributed by atoms with Gasteiger partial charge in [0.15, 0.2) is 0 Å². The van der Waals surface area contributed by atoms with Gasteiger partial charge in [-0.1, -0.05) is 0 Å². The molecule has 3 atom stereocenters. The fraction of sp³-hybridized carbons (Fsp3) is 0.769. The summed E-state index contributed by atoms with van der Waals surface area (Å²) in [7, 11) is 2.21. The summed E-state index contributed by atoms with van der Waals surface area (Å²) in [5.41, 5.74) is 0.999. The summed E-state index contributed by atoms with van der Waals surface area (Å²) in [4.78, 5) is 9.59. The number of piperazine rings is 1. The van der Waals surface area contributed by atoms with Crippen molar-refractivity contribution in [3.8, 4) is 0 Å². The van der Waals surface area contributed by atoms with Crippen molar-refractivity contribution in [1.82, 2.24) is 14.8 Å². The highest BCUT2D eigenvalue weighted by atomic mass is 35.5. The second kappa shape index (κ2) is 5.87. The van der Waals surface area contributed by atoms with Crippen molar-refractivity contribution in [2.75, 3.05) is 20.1 Å². The lowest BCUT2D eigenvalue weighted by Gasteiger charge is -2.44. The minimum atomic E-state index is 0.394. The molecular weight excluding hydrogens is 266 g/mol. The molecule has 2 heterocycles. The molecular formula is C13H22ClN3S. The Kier molecular flexibility index (Phi) is 4.64. The molecule has 0 spiro atoms. The third kappa shape index (κ3) is 2.87. The van der Waals surface area contributed by atoms with E-state index in [1.165, 1.54) is 5.01 Å². The van der Waals surface area contributed by atoms with Crippen LogP contribution in [0.5, 0.6) is 0 Å². The number of nitrogens with zero attached hydrogens (tertiary/aromatic N) is 3. The predicted octanol–water partition coefficient (Wildman–Crippen LogP) is 2.97. The summed E-state index contributed by atoms with van der Waals surface area (Å²) in [5, 5.41) is 3.26. The average molecular weight is 288 g/mol. The van der Waals surface area contributed by atoms with Crippen LogP contribution in [0.3, 0.4) is 0 Å². The molecule has 0 aromatic carbocycles. The molecule has 0 bridgehead atoms. The second-order valence-corrected chi connectivity index (χ2v) is 6.46. The highest BCUT2D eigenvalue weighted by molar-refractivity contribution is 7.09. The Hall–Kier alpha value is -0.160. The van der Waals surface area contributed by atoms with Gasteiger partial charge in [0.1, 0.15) is 5.01 Å². The highest BCUT2D eigenvalue weighted by Crippen LogP contribution is 2.27. The number of likely N-dealkylation sites (N-methyl/N-ethyl adjacent to an activating group) is 1. The second-order valence-electron chi connectivity index (χ2n) is 5.30. The van der Waals surface area contributed by atoms with Crippen molar-refractivity contribution in [1.29, 1.82) is 0 Å². The van der Waals surface area contributed by atoms with E-state index in [0.717, 1.165) is 18.8 Å². The van der Waals surface area contributed by atoms with Crippen LogP contribution in [-0.4, -0.2) is 47.0 Å². The van der Waals surface area contributed by atoms with E-state index in [9.17, 15) is 0 Å². The molecule has 0 saturated carbocycles. The van der Waals surface area contributed by atoms with E-state index < -0.39 is 0 Å². The fourth-order valence-corrected chi connectivity index (χ4v) is 3.63. The quantitative estimate of drug-likeness (QED) is 0.797. The molecule has 3 nitrogen and oxygen atoms in total. The molecule has 1 fully saturated rings. The monoisotopic (exact) mass is 287 g/mol. The molecule has 18 heavy (non-hydrogen) atoms. The lowest BCUT2D eigenvalue weighted by Crippen LogP contribution is -2.55. The van der Waals surface area contributed by atoms with Crippen LogP contribution < -0.4 is 0 Å². The van der Waals surface area contributed by atoms with E-state index in [1.807, 2.05) is 0 Å². The third-order valence-corrected chi connectivity index (χ3v) is 5.34. The number of hydrogen-bond acceptors (Lipinski definition) is 4. The zero-order valence-electron chi connectivity index (χ0n) is 11.6. The maximum Gasteiger partial charge on any atom is 0.110 e. The van der Waals surface area contributed by atoms with Gasteiger partial charge in [-0.05, 0) is 27.8 Å². The number of halogens is 1. The Morgan fingerprint density at radius 2 is 2.06 bits per heavy atom. The summed E-state index contributed by atoms with van der Waals surface area (Å²) in [6, 6.07) is 1.60. The topological polar surface area (TPSA) is 19.4 Å². The molecule has 0 amide bonds. The van der Waals surface area contributed by atoms with Crippen molar-refractivity contribution < 1.29 is 0 Å². The molecule has 0 aliphatic carbocycles. The Morgan fingerprint density at radius 1 is 1.44 bits per heavy atom. The SMILES string of the molecule is CC(c1nc(CCl)cs1)N1CC(C)N(C)C(C)C1. The minimum Gasteiger partial charge on any atom is -0.298 e. The smallest absolute Gasteiger partial charge is 0.110 e. The maximum atomic E-state index is 5.82. The van der Waals surface area contributed by atoms with Crippen LogP contribution in [0.25, 0.3) is 0 Å². The van der Waals surface area contributed by atoms with Gasteiger partial charge >= 0.3 is 0 Å². The van der Waals surface area contributed by atoms with Gasteiger partial charge in [0, 0.05) is 30.6 Å². The van der Waals surface area contributed by atoms with Gasteiger partial charge in [-0.2, -0.15) is 0 Å². The summed E-state index contributed by atoms with van der Waals surface area (Å²) in [6.07, 6.45) is 0. The zero-order chi connectivity index (χ0) is 13.3. The number of alkyl halides is 1. The highest BCUT2D eigenvalue weighted by Gasteiger charge is 2.30. The van der Waals surface area contributed by atoms with E-state index >= 15 is 0 Å². The first-order valence-electron chi connectivity index (χ1n) is 6.49. The first kappa shape index (κ1) is 14.3. The summed E-state index contributed by atoms with van der Waals surface area (Å²) < 4.78 is 0. The van der Waals surface area contributed by atoms with Gasteiger partial charge in [0.05, 0.1) is 17.6 Å². The molecule has 5 heteroatoms. The maximum absolute atomic E-state index is 5.82. The van der Waals surface area contributed by atoms with Gasteiger partial charge in [-0.3, -0.25) is 9.80 Å². The van der Waals surface area contributed by atoms with Crippen LogP contribution in [-0.2, 0) is 5.88 Å². The Morgan fingerprint density at radius 3 is 2.56 bits per heavy atom. The van der Waals surface area contributed by atoms with Crippen molar-refractivity contribution in [2.24, 2.45) is 0 Å². The molecule has 0 N–H and O–H groups in total. The van der Waals surface area contributed by atoms with Gasteiger partial charge in [-0.15, -0.1) is 22.9 Å². The summed E-state index contributed by atoms with van der Waals surface area (Å²) >= 11 is 7.55. The summed E-state index contributed by atoms with van der Waals surface area (Å²) in [6.45, 7) is 9.06. The van der Waals surface area contributed by atoms with Crippen molar-refractivity contribution in [3.63, 3.8) is 0 Å². The van der Waals surface area contributed by atoms with E-state index in [2.05, 4.69) is 48.0 Å². The molecule has 1 saturated heterocycles. The van der Waals surface area contributed by atoms with Crippen LogP contribution in [0.1, 0.15) is 37.5 Å². The third-order valence-electron chi connectivity index (χ3n) is 4.00. The average Bonchev–Trinajstić information content (AvgIpc) is 2.83. The van der Waals surface area contributed by atoms with E-state index in [-0.39, 0.29) is 0 Å². The number of thiazole rings is 1. The molecule has 0 radical (unpaired) electrons. The van der Waals surface area contributed by atoms with Gasteiger partial charge in [-0.25, -0.2) is 4.98 Å². The predicted molar refractivity (Wildman–Crippen MR) is 78.3 cm³/mol. The van der Waals surface area contributed by atoms with Crippen molar-refractivity contribution in [3.05, 3.63) is 16.1 Å². The van der Waals surface area contributed by atoms with E-state index in [4.69, 9.17) is 11.6 Å². The first-order chi connectivity index (χ1) is 8.52. The van der Waals surface area contributed by atoms with Crippen LogP contribution in [0.2, 0.25) is 0 Å². The largest absolute Gasteiger partial charge is 0.298 e. The van der Waals surface area contributed by atoms with Crippen LogP contribution in [0.4, 0.5) is 0 Å². The number of aromatic nitrogens is 1. The van der Waals surface area contributed by atoms with Crippen LogP contribution in [0.15, 0.2) is 5.38 Å². The number of rotatable bonds is 3. The Labute approximate surface area is 119 Å². The molecule has 2 rings (SSSR count). The van der Waals surface area contributed by atoms with Crippen LogP contribution >= 0.6 is 22.9 Å². The molecule has 1 aromatic rings. The first-order valence-corrected chi connectivity index (χ1v) is 7.90. The molecule has 102 valence electrons. The van der Waals surface area contributed by atoms with Gasteiger partial charge in [0.2, 0.25) is 0 Å². The molecule has 1 aliphatic heterocycles. The number of hydrogen-bond donors (Lipinski definition) is 0. The lowest BCUT2D eigenvalue weighted by atomic mass is 10.1. The molecule has 3 unspecified atom stereocenters. The zero-order valence-corrected chi connectivity index (χ0v) is 13.1. The molecule has 1 aromatic heterocycles. The van der Waals surface area contributed by atoms with Gasteiger partial charge < -0.3 is 0 Å². The standard InChI is InChI=1S/C13H22ClN3S/c1-9-6-17(7-10(2)16(9)4)11(3)13-15-12(5-14)8-18-13/h8-11H,5-7H2,1-4H3. The molecule has 1 aliphatic rings. The fourth-order valence-electron chi connectivity index (χ4n) is 2.49.